The van der Waals surface area contributed by atoms with E-state index < -0.39 is 0 Å². The summed E-state index contributed by atoms with van der Waals surface area (Å²) < 4.78 is 0. The molecule has 1 aliphatic rings. The molecule has 3 rings (SSSR count). The van der Waals surface area contributed by atoms with Crippen molar-refractivity contribution < 1.29 is 0 Å². The molecule has 0 bridgehead atoms. The molecule has 1 aromatic carbocycles. The van der Waals surface area contributed by atoms with E-state index in [9.17, 15) is 0 Å². The Morgan fingerprint density at radius 3 is 2.67 bits per heavy atom. The van der Waals surface area contributed by atoms with Crippen LogP contribution >= 0.6 is 0 Å². The van der Waals surface area contributed by atoms with Crippen LogP contribution in [0.2, 0.25) is 0 Å². The third-order valence-corrected chi connectivity index (χ3v) is 3.16. The Balaban J connectivity index is 1.95. The molecule has 18 heavy (non-hydrogen) atoms. The quantitative estimate of drug-likeness (QED) is 0.865. The van der Waals surface area contributed by atoms with E-state index in [1.165, 1.54) is 18.4 Å². The predicted molar refractivity (Wildman–Crippen MR) is 73.3 cm³/mol. The van der Waals surface area contributed by atoms with Gasteiger partial charge in [0.15, 0.2) is 0 Å². The van der Waals surface area contributed by atoms with E-state index in [-0.39, 0.29) is 0 Å². The molecule has 1 aliphatic carbocycles. The molecule has 0 saturated heterocycles. The van der Waals surface area contributed by atoms with Crippen LogP contribution in [0.4, 0.5) is 11.8 Å². The molecule has 1 heterocycles. The summed E-state index contributed by atoms with van der Waals surface area (Å²) in [5.41, 5.74) is 9.19. The van der Waals surface area contributed by atoms with Gasteiger partial charge in [-0.1, -0.05) is 24.3 Å². The van der Waals surface area contributed by atoms with Crippen molar-refractivity contribution in [3.63, 3.8) is 0 Å². The fraction of sp³-hybridized carbons (Fsp3) is 0.286. The molecule has 4 heteroatoms. The fourth-order valence-corrected chi connectivity index (χ4v) is 1.96. The van der Waals surface area contributed by atoms with Crippen LogP contribution in [0.1, 0.15) is 18.4 Å². The van der Waals surface area contributed by atoms with Gasteiger partial charge in [0.25, 0.3) is 0 Å². The summed E-state index contributed by atoms with van der Waals surface area (Å²) in [6.45, 7) is 2.06. The SMILES string of the molecule is Cc1ccccc1-c1cnc(NC2CC2)nc1N. The average Bonchev–Trinajstić information content (AvgIpc) is 3.15. The Labute approximate surface area is 106 Å². The van der Waals surface area contributed by atoms with Crippen LogP contribution in [-0.2, 0) is 0 Å². The van der Waals surface area contributed by atoms with Gasteiger partial charge in [-0.3, -0.25) is 0 Å². The highest BCUT2D eigenvalue weighted by atomic mass is 15.1. The van der Waals surface area contributed by atoms with Gasteiger partial charge in [0.05, 0.1) is 0 Å². The minimum Gasteiger partial charge on any atom is -0.383 e. The largest absolute Gasteiger partial charge is 0.383 e. The number of nitrogens with zero attached hydrogens (tertiary/aromatic N) is 2. The summed E-state index contributed by atoms with van der Waals surface area (Å²) in [7, 11) is 0. The highest BCUT2D eigenvalue weighted by Gasteiger charge is 2.22. The van der Waals surface area contributed by atoms with Crippen molar-refractivity contribution in [2.75, 3.05) is 11.1 Å². The lowest BCUT2D eigenvalue weighted by Gasteiger charge is -2.09. The van der Waals surface area contributed by atoms with Gasteiger partial charge in [-0.25, -0.2) is 4.98 Å². The zero-order valence-electron chi connectivity index (χ0n) is 10.4. The van der Waals surface area contributed by atoms with E-state index >= 15 is 0 Å². The standard InChI is InChI=1S/C14H16N4/c1-9-4-2-3-5-11(9)12-8-16-14(18-13(12)15)17-10-6-7-10/h2-5,8,10H,6-7H2,1H3,(H3,15,16,17,18). The first-order chi connectivity index (χ1) is 8.74. The molecule has 1 fully saturated rings. The minimum atomic E-state index is 0.530. The van der Waals surface area contributed by atoms with Crippen LogP contribution in [0.15, 0.2) is 30.5 Å². The van der Waals surface area contributed by atoms with Crippen LogP contribution in [0.3, 0.4) is 0 Å². The first-order valence-corrected chi connectivity index (χ1v) is 6.19. The molecule has 0 spiro atoms. The van der Waals surface area contributed by atoms with Crippen molar-refractivity contribution in [2.45, 2.75) is 25.8 Å². The third-order valence-electron chi connectivity index (χ3n) is 3.16. The Hall–Kier alpha value is -2.10. The second-order valence-corrected chi connectivity index (χ2v) is 4.73. The summed E-state index contributed by atoms with van der Waals surface area (Å²) in [6.07, 6.45) is 4.20. The highest BCUT2D eigenvalue weighted by molar-refractivity contribution is 5.76. The summed E-state index contributed by atoms with van der Waals surface area (Å²) in [5.74, 6) is 1.16. The van der Waals surface area contributed by atoms with Crippen LogP contribution in [-0.4, -0.2) is 16.0 Å². The molecular formula is C14H16N4. The number of nitrogens with two attached hydrogens (primary N) is 1. The first kappa shape index (κ1) is 11.0. The van der Waals surface area contributed by atoms with Crippen LogP contribution in [0.25, 0.3) is 11.1 Å². The lowest BCUT2D eigenvalue weighted by molar-refractivity contribution is 1.06. The molecule has 4 nitrogen and oxygen atoms in total. The second kappa shape index (κ2) is 4.29. The van der Waals surface area contributed by atoms with Gasteiger partial charge in [-0.05, 0) is 30.9 Å². The number of hydrogen-bond acceptors (Lipinski definition) is 4. The Morgan fingerprint density at radius 1 is 1.22 bits per heavy atom. The summed E-state index contributed by atoms with van der Waals surface area (Å²) in [4.78, 5) is 8.66. The second-order valence-electron chi connectivity index (χ2n) is 4.73. The zero-order chi connectivity index (χ0) is 12.5. The van der Waals surface area contributed by atoms with Crippen molar-refractivity contribution in [1.82, 2.24) is 9.97 Å². The third kappa shape index (κ3) is 2.14. The van der Waals surface area contributed by atoms with Crippen molar-refractivity contribution in [3.8, 4) is 11.1 Å². The van der Waals surface area contributed by atoms with Gasteiger partial charge in [-0.15, -0.1) is 0 Å². The number of nitrogen functional groups attached to an aromatic ring is 1. The minimum absolute atomic E-state index is 0.530. The molecular weight excluding hydrogens is 224 g/mol. The molecule has 0 atom stereocenters. The number of anilines is 2. The number of aromatic nitrogens is 2. The van der Waals surface area contributed by atoms with E-state index in [0.717, 1.165) is 11.1 Å². The van der Waals surface area contributed by atoms with Crippen molar-refractivity contribution in [1.29, 1.82) is 0 Å². The summed E-state index contributed by atoms with van der Waals surface area (Å²) >= 11 is 0. The molecule has 3 N–H and O–H groups in total. The molecule has 0 aliphatic heterocycles. The topological polar surface area (TPSA) is 63.8 Å². The maximum atomic E-state index is 6.03. The monoisotopic (exact) mass is 240 g/mol. The number of benzene rings is 1. The maximum Gasteiger partial charge on any atom is 0.224 e. The predicted octanol–water partition coefficient (Wildman–Crippen LogP) is 2.61. The Morgan fingerprint density at radius 2 is 2.00 bits per heavy atom. The number of rotatable bonds is 3. The molecule has 0 amide bonds. The van der Waals surface area contributed by atoms with Gasteiger partial charge in [-0.2, -0.15) is 4.98 Å². The zero-order valence-corrected chi connectivity index (χ0v) is 10.4. The molecule has 0 unspecified atom stereocenters. The van der Waals surface area contributed by atoms with Crippen LogP contribution < -0.4 is 11.1 Å². The molecule has 2 aromatic rings. The number of hydrogen-bond donors (Lipinski definition) is 2. The van der Waals surface area contributed by atoms with Crippen molar-refractivity contribution in [3.05, 3.63) is 36.0 Å². The van der Waals surface area contributed by atoms with E-state index in [0.29, 0.717) is 17.8 Å². The van der Waals surface area contributed by atoms with Crippen molar-refractivity contribution in [2.24, 2.45) is 0 Å². The van der Waals surface area contributed by atoms with Gasteiger partial charge in [0.1, 0.15) is 5.82 Å². The maximum absolute atomic E-state index is 6.03. The molecule has 1 saturated carbocycles. The molecule has 92 valence electrons. The van der Waals surface area contributed by atoms with Gasteiger partial charge >= 0.3 is 0 Å². The Bertz CT molecular complexity index is 576. The summed E-state index contributed by atoms with van der Waals surface area (Å²) in [6, 6.07) is 8.65. The van der Waals surface area contributed by atoms with E-state index in [2.05, 4.69) is 28.3 Å². The number of nitrogens with one attached hydrogen (secondary N) is 1. The normalized spacial score (nSPS) is 14.5. The van der Waals surface area contributed by atoms with E-state index in [1.54, 1.807) is 6.20 Å². The lowest BCUT2D eigenvalue weighted by Crippen LogP contribution is -2.07. The van der Waals surface area contributed by atoms with Crippen LogP contribution in [0.5, 0.6) is 0 Å². The lowest BCUT2D eigenvalue weighted by atomic mass is 10.0. The average molecular weight is 240 g/mol. The summed E-state index contributed by atoms with van der Waals surface area (Å²) in [5, 5.41) is 3.25. The fourth-order valence-electron chi connectivity index (χ4n) is 1.96. The molecule has 1 aromatic heterocycles. The van der Waals surface area contributed by atoms with Crippen molar-refractivity contribution >= 4 is 11.8 Å². The van der Waals surface area contributed by atoms with E-state index in [4.69, 9.17) is 5.73 Å². The van der Waals surface area contributed by atoms with Gasteiger partial charge < -0.3 is 11.1 Å². The van der Waals surface area contributed by atoms with E-state index in [1.807, 2.05) is 18.2 Å². The first-order valence-electron chi connectivity index (χ1n) is 6.19. The van der Waals surface area contributed by atoms with Gasteiger partial charge in [0.2, 0.25) is 5.95 Å². The molecule has 0 radical (unpaired) electrons. The number of aryl methyl sites for hydroxylation is 1. The van der Waals surface area contributed by atoms with Crippen LogP contribution in [0, 0.1) is 6.92 Å². The highest BCUT2D eigenvalue weighted by Crippen LogP contribution is 2.28. The Kier molecular flexibility index (Phi) is 2.63. The smallest absolute Gasteiger partial charge is 0.224 e. The van der Waals surface area contributed by atoms with Gasteiger partial charge in [0, 0.05) is 17.8 Å².